The molecule has 0 aliphatic carbocycles. The highest BCUT2D eigenvalue weighted by Gasteiger charge is 2.28. The maximum Gasteiger partial charge on any atom is 0.322 e. The van der Waals surface area contributed by atoms with Crippen LogP contribution >= 0.6 is 0 Å². The van der Waals surface area contributed by atoms with E-state index in [9.17, 15) is 4.79 Å². The molecule has 1 aromatic heterocycles. The van der Waals surface area contributed by atoms with Crippen molar-refractivity contribution in [1.82, 2.24) is 4.90 Å². The second kappa shape index (κ2) is 7.96. The van der Waals surface area contributed by atoms with Gasteiger partial charge in [-0.25, -0.2) is 4.79 Å². The molecule has 0 radical (unpaired) electrons. The second-order valence-corrected chi connectivity index (χ2v) is 6.07. The number of amides is 2. The van der Waals surface area contributed by atoms with Crippen molar-refractivity contribution in [2.75, 3.05) is 26.1 Å². The quantitative estimate of drug-likeness (QED) is 0.890. The molecule has 2 amide bonds. The molecule has 0 saturated carbocycles. The van der Waals surface area contributed by atoms with Gasteiger partial charge in [0.1, 0.15) is 5.76 Å². The number of hydrogen-bond acceptors (Lipinski definition) is 4. The smallest absolute Gasteiger partial charge is 0.322 e. The molecule has 1 fully saturated rings. The van der Waals surface area contributed by atoms with Crippen molar-refractivity contribution < 1.29 is 18.7 Å². The van der Waals surface area contributed by atoms with Gasteiger partial charge in [0.25, 0.3) is 0 Å². The Morgan fingerprint density at radius 2 is 2.00 bits per heavy atom. The number of nitrogens with zero attached hydrogens (tertiary/aromatic N) is 1. The molecule has 0 unspecified atom stereocenters. The summed E-state index contributed by atoms with van der Waals surface area (Å²) in [5.41, 5.74) is 0.671. The number of benzene rings is 1. The summed E-state index contributed by atoms with van der Waals surface area (Å²) in [5.74, 6) is 2.05. The highest BCUT2D eigenvalue weighted by atomic mass is 16.5. The first-order valence-corrected chi connectivity index (χ1v) is 8.56. The molecule has 1 atom stereocenters. The van der Waals surface area contributed by atoms with Gasteiger partial charge in [-0.3, -0.25) is 0 Å². The molecule has 1 aliphatic heterocycles. The van der Waals surface area contributed by atoms with Gasteiger partial charge < -0.3 is 24.1 Å². The van der Waals surface area contributed by atoms with E-state index >= 15 is 0 Å². The molecule has 0 spiro atoms. The lowest BCUT2D eigenvalue weighted by molar-refractivity contribution is 0.179. The van der Waals surface area contributed by atoms with Gasteiger partial charge in [-0.15, -0.1) is 0 Å². The zero-order valence-electron chi connectivity index (χ0n) is 14.7. The Kier molecular flexibility index (Phi) is 5.48. The number of anilines is 1. The fourth-order valence-corrected chi connectivity index (χ4v) is 3.24. The molecular formula is C19H24N2O4. The number of hydrogen-bond donors (Lipinski definition) is 1. The van der Waals surface area contributed by atoms with Crippen molar-refractivity contribution in [3.63, 3.8) is 0 Å². The van der Waals surface area contributed by atoms with E-state index in [0.29, 0.717) is 23.7 Å². The molecule has 25 heavy (non-hydrogen) atoms. The number of likely N-dealkylation sites (tertiary alicyclic amines) is 1. The van der Waals surface area contributed by atoms with Gasteiger partial charge in [-0.05, 0) is 37.1 Å². The topological polar surface area (TPSA) is 63.9 Å². The van der Waals surface area contributed by atoms with Crippen molar-refractivity contribution >= 4 is 11.7 Å². The summed E-state index contributed by atoms with van der Waals surface area (Å²) in [5, 5.41) is 2.97. The summed E-state index contributed by atoms with van der Waals surface area (Å²) >= 11 is 0. The molecule has 6 nitrogen and oxygen atoms in total. The summed E-state index contributed by atoms with van der Waals surface area (Å²) in [7, 11) is 3.16. The third-order valence-corrected chi connectivity index (χ3v) is 4.52. The van der Waals surface area contributed by atoms with Crippen LogP contribution in [0.4, 0.5) is 10.5 Å². The average Bonchev–Trinajstić information content (AvgIpc) is 3.05. The van der Waals surface area contributed by atoms with Crippen LogP contribution in [0.25, 0.3) is 0 Å². The van der Waals surface area contributed by atoms with Crippen LogP contribution in [0, 0.1) is 0 Å². The number of nitrogens with one attached hydrogen (secondary N) is 1. The van der Waals surface area contributed by atoms with Gasteiger partial charge in [0, 0.05) is 18.3 Å². The number of urea groups is 1. The number of methoxy groups -OCH3 is 2. The Hall–Kier alpha value is -2.63. The van der Waals surface area contributed by atoms with E-state index in [0.717, 1.165) is 31.4 Å². The maximum absolute atomic E-state index is 12.9. The van der Waals surface area contributed by atoms with E-state index in [-0.39, 0.29) is 12.1 Å². The molecule has 2 heterocycles. The number of rotatable bonds is 4. The molecule has 0 bridgehead atoms. The van der Waals surface area contributed by atoms with E-state index in [1.165, 1.54) is 0 Å². The van der Waals surface area contributed by atoms with E-state index in [1.54, 1.807) is 38.7 Å². The lowest BCUT2D eigenvalue weighted by Crippen LogP contribution is -2.37. The molecule has 3 rings (SSSR count). The van der Waals surface area contributed by atoms with Crippen LogP contribution in [0.5, 0.6) is 11.5 Å². The van der Waals surface area contributed by atoms with Crippen LogP contribution < -0.4 is 14.8 Å². The molecular weight excluding hydrogens is 320 g/mol. The third-order valence-electron chi connectivity index (χ3n) is 4.52. The Morgan fingerprint density at radius 3 is 2.72 bits per heavy atom. The zero-order chi connectivity index (χ0) is 17.6. The van der Waals surface area contributed by atoms with Gasteiger partial charge in [-0.1, -0.05) is 12.8 Å². The first-order valence-electron chi connectivity index (χ1n) is 8.56. The summed E-state index contributed by atoms with van der Waals surface area (Å²) < 4.78 is 16.1. The van der Waals surface area contributed by atoms with Gasteiger partial charge in [0.05, 0.1) is 26.5 Å². The van der Waals surface area contributed by atoms with Crippen molar-refractivity contribution in [3.8, 4) is 11.5 Å². The second-order valence-electron chi connectivity index (χ2n) is 6.07. The summed E-state index contributed by atoms with van der Waals surface area (Å²) in [6.07, 6.45) is 5.77. The highest BCUT2D eigenvalue weighted by molar-refractivity contribution is 5.90. The largest absolute Gasteiger partial charge is 0.493 e. The van der Waals surface area contributed by atoms with Crippen LogP contribution in [0.15, 0.2) is 41.0 Å². The standard InChI is InChI=1S/C19H24N2O4/c1-23-17-10-9-14(13-18(17)24-2)20-19(22)21-11-5-3-4-7-15(21)16-8-6-12-25-16/h6,8-10,12-13,15H,3-5,7,11H2,1-2H3,(H,20,22)/t15-/m1/s1. The van der Waals surface area contributed by atoms with Crippen LogP contribution in [-0.4, -0.2) is 31.7 Å². The monoisotopic (exact) mass is 344 g/mol. The van der Waals surface area contributed by atoms with Crippen LogP contribution in [0.3, 0.4) is 0 Å². The van der Waals surface area contributed by atoms with Crippen molar-refractivity contribution in [3.05, 3.63) is 42.4 Å². The Morgan fingerprint density at radius 1 is 1.16 bits per heavy atom. The fourth-order valence-electron chi connectivity index (χ4n) is 3.24. The number of ether oxygens (including phenoxy) is 2. The maximum atomic E-state index is 12.9. The predicted octanol–water partition coefficient (Wildman–Crippen LogP) is 4.45. The first kappa shape index (κ1) is 17.2. The Labute approximate surface area is 147 Å². The summed E-state index contributed by atoms with van der Waals surface area (Å²) in [4.78, 5) is 14.7. The lowest BCUT2D eigenvalue weighted by Gasteiger charge is -2.28. The fraction of sp³-hybridized carbons (Fsp3) is 0.421. The molecule has 1 aromatic carbocycles. The van der Waals surface area contributed by atoms with Crippen molar-refractivity contribution in [1.29, 1.82) is 0 Å². The first-order chi connectivity index (χ1) is 12.2. The summed E-state index contributed by atoms with van der Waals surface area (Å²) in [6.45, 7) is 0.713. The predicted molar refractivity (Wildman–Crippen MR) is 95.2 cm³/mol. The van der Waals surface area contributed by atoms with Gasteiger partial charge >= 0.3 is 6.03 Å². The SMILES string of the molecule is COc1ccc(NC(=O)N2CCCCC[C@@H]2c2ccco2)cc1OC. The molecule has 134 valence electrons. The molecule has 1 N–H and O–H groups in total. The zero-order valence-corrected chi connectivity index (χ0v) is 14.7. The normalized spacial score (nSPS) is 17.7. The molecule has 1 aliphatic rings. The molecule has 6 heteroatoms. The Balaban J connectivity index is 1.78. The molecule has 2 aromatic rings. The van der Waals surface area contributed by atoms with Crippen LogP contribution in [-0.2, 0) is 0 Å². The lowest BCUT2D eigenvalue weighted by atomic mass is 10.1. The van der Waals surface area contributed by atoms with Gasteiger partial charge in [0.2, 0.25) is 0 Å². The van der Waals surface area contributed by atoms with Gasteiger partial charge in [0.15, 0.2) is 11.5 Å². The molecule has 1 saturated heterocycles. The third kappa shape index (κ3) is 3.90. The highest BCUT2D eigenvalue weighted by Crippen LogP contribution is 2.33. The van der Waals surface area contributed by atoms with E-state index < -0.39 is 0 Å². The van der Waals surface area contributed by atoms with Crippen LogP contribution in [0.1, 0.15) is 37.5 Å². The minimum Gasteiger partial charge on any atom is -0.493 e. The van der Waals surface area contributed by atoms with E-state index in [2.05, 4.69) is 5.32 Å². The Bertz CT molecular complexity index is 699. The number of carbonyl (C=O) groups excluding carboxylic acids is 1. The van der Waals surface area contributed by atoms with Crippen LogP contribution in [0.2, 0.25) is 0 Å². The minimum atomic E-state index is -0.129. The van der Waals surface area contributed by atoms with E-state index in [1.807, 2.05) is 17.0 Å². The van der Waals surface area contributed by atoms with Crippen molar-refractivity contribution in [2.24, 2.45) is 0 Å². The summed E-state index contributed by atoms with van der Waals surface area (Å²) in [6, 6.07) is 8.99. The number of furan rings is 1. The number of carbonyl (C=O) groups is 1. The van der Waals surface area contributed by atoms with E-state index in [4.69, 9.17) is 13.9 Å². The average molecular weight is 344 g/mol. The van der Waals surface area contributed by atoms with Gasteiger partial charge in [-0.2, -0.15) is 0 Å². The minimum absolute atomic E-state index is 0.0300. The van der Waals surface area contributed by atoms with Crippen molar-refractivity contribution in [2.45, 2.75) is 31.7 Å².